The number of rotatable bonds is 7. The van der Waals surface area contributed by atoms with Crippen LogP contribution < -0.4 is 5.73 Å². The van der Waals surface area contributed by atoms with Gasteiger partial charge in [-0.1, -0.05) is 12.1 Å². The van der Waals surface area contributed by atoms with Crippen LogP contribution in [0.3, 0.4) is 0 Å². The minimum absolute atomic E-state index is 0.0462. The Kier molecular flexibility index (Phi) is 5.18. The number of nitrogens with zero attached hydrogens (tertiary/aromatic N) is 4. The molecule has 5 rings (SSSR count). The van der Waals surface area contributed by atoms with Gasteiger partial charge in [-0.15, -0.1) is 11.3 Å². The molecule has 0 aliphatic carbocycles. The Hall–Kier alpha value is -4.10. The Morgan fingerprint density at radius 3 is 2.57 bits per heavy atom. The van der Waals surface area contributed by atoms with Crippen LogP contribution in [0.15, 0.2) is 41.7 Å². The van der Waals surface area contributed by atoms with Crippen LogP contribution in [-0.2, 0) is 16.0 Å². The van der Waals surface area contributed by atoms with Gasteiger partial charge >= 0.3 is 5.97 Å². The standard InChI is InChI=1S/C22H19N5O7S/c1-9(28)14-17-12(6-10-2-4-11(5-3-10)27(33)34)15(18(22(31)32)26(17)20(14)30)13-7-35-21-16(19(23)29)24-8-25(13)21/h2-5,7-9,12,14,17,28H,6H2,1H3,(H2,23,29)(H,31,32)/t9-,12?,14-,17-/m1/s1. The van der Waals surface area contributed by atoms with Crippen LogP contribution in [0.1, 0.15) is 28.7 Å². The first-order valence-corrected chi connectivity index (χ1v) is 11.5. The minimum Gasteiger partial charge on any atom is -0.477 e. The van der Waals surface area contributed by atoms with Crippen molar-refractivity contribution in [2.75, 3.05) is 0 Å². The number of aliphatic hydroxyl groups is 1. The summed E-state index contributed by atoms with van der Waals surface area (Å²) < 4.78 is 1.57. The second-order valence-electron chi connectivity index (χ2n) is 8.52. The lowest BCUT2D eigenvalue weighted by Crippen LogP contribution is -2.64. The molecule has 2 aliphatic rings. The zero-order valence-corrected chi connectivity index (χ0v) is 19.0. The Balaban J connectivity index is 1.67. The van der Waals surface area contributed by atoms with Gasteiger partial charge < -0.3 is 20.8 Å². The predicted octanol–water partition coefficient (Wildman–Crippen LogP) is 1.28. The van der Waals surface area contributed by atoms with Crippen molar-refractivity contribution in [2.24, 2.45) is 17.6 Å². The molecule has 1 aromatic carbocycles. The molecule has 0 bridgehead atoms. The van der Waals surface area contributed by atoms with Crippen LogP contribution in [0.2, 0.25) is 0 Å². The van der Waals surface area contributed by atoms with Gasteiger partial charge in [0.05, 0.1) is 28.7 Å². The smallest absolute Gasteiger partial charge is 0.352 e. The number of β-lactam (4-membered cyclic amide) rings is 1. The Morgan fingerprint density at radius 1 is 1.31 bits per heavy atom. The van der Waals surface area contributed by atoms with Gasteiger partial charge in [-0.25, -0.2) is 9.78 Å². The van der Waals surface area contributed by atoms with Crippen molar-refractivity contribution >= 4 is 45.2 Å². The number of thiazole rings is 1. The number of amides is 2. The van der Waals surface area contributed by atoms with Gasteiger partial charge in [-0.05, 0) is 18.9 Å². The summed E-state index contributed by atoms with van der Waals surface area (Å²) in [5, 5.41) is 33.1. The number of fused-ring (bicyclic) bond motifs is 2. The number of hydrogen-bond acceptors (Lipinski definition) is 8. The van der Waals surface area contributed by atoms with Crippen LogP contribution in [0.5, 0.6) is 0 Å². The van der Waals surface area contributed by atoms with E-state index >= 15 is 0 Å². The summed E-state index contributed by atoms with van der Waals surface area (Å²) >= 11 is 1.17. The largest absolute Gasteiger partial charge is 0.477 e. The third-order valence-electron chi connectivity index (χ3n) is 6.57. The fourth-order valence-corrected chi connectivity index (χ4v) is 6.09. The first kappa shape index (κ1) is 22.7. The third-order valence-corrected chi connectivity index (χ3v) is 7.52. The van der Waals surface area contributed by atoms with E-state index in [0.29, 0.717) is 21.7 Å². The highest BCUT2D eigenvalue weighted by molar-refractivity contribution is 7.16. The normalized spacial score (nSPS) is 22.3. The van der Waals surface area contributed by atoms with Crippen LogP contribution >= 0.6 is 11.3 Å². The molecule has 3 aromatic rings. The molecule has 2 amide bonds. The Morgan fingerprint density at radius 2 is 2.00 bits per heavy atom. The van der Waals surface area contributed by atoms with E-state index in [1.807, 2.05) is 0 Å². The van der Waals surface area contributed by atoms with Gasteiger partial charge in [0, 0.05) is 29.0 Å². The van der Waals surface area contributed by atoms with E-state index in [9.17, 15) is 34.7 Å². The molecule has 0 radical (unpaired) electrons. The lowest BCUT2D eigenvalue weighted by atomic mass is 9.74. The monoisotopic (exact) mass is 497 g/mol. The number of primary amides is 1. The number of aromatic nitrogens is 2. The van der Waals surface area contributed by atoms with Crippen molar-refractivity contribution in [3.8, 4) is 0 Å². The number of carboxylic acid groups (broad SMARTS) is 1. The molecule has 4 atom stereocenters. The van der Waals surface area contributed by atoms with E-state index in [4.69, 9.17) is 5.73 Å². The van der Waals surface area contributed by atoms with Gasteiger partial charge in [0.25, 0.3) is 11.6 Å². The van der Waals surface area contributed by atoms with Gasteiger partial charge in [0.2, 0.25) is 5.91 Å². The van der Waals surface area contributed by atoms with Gasteiger partial charge in [0.15, 0.2) is 5.69 Å². The van der Waals surface area contributed by atoms with Crippen molar-refractivity contribution in [2.45, 2.75) is 25.5 Å². The Labute approximate surface area is 201 Å². The van der Waals surface area contributed by atoms with E-state index in [1.165, 1.54) is 41.6 Å². The van der Waals surface area contributed by atoms with Crippen molar-refractivity contribution in [1.29, 1.82) is 0 Å². The van der Waals surface area contributed by atoms with E-state index < -0.39 is 46.7 Å². The fourth-order valence-electron chi connectivity index (χ4n) is 5.10. The molecule has 0 saturated carbocycles. The van der Waals surface area contributed by atoms with E-state index in [0.717, 1.165) is 0 Å². The van der Waals surface area contributed by atoms with Crippen molar-refractivity contribution < 1.29 is 29.5 Å². The molecule has 2 aliphatic heterocycles. The van der Waals surface area contributed by atoms with E-state index in [-0.39, 0.29) is 23.5 Å². The maximum Gasteiger partial charge on any atom is 0.352 e. The number of aliphatic carboxylic acids is 1. The summed E-state index contributed by atoms with van der Waals surface area (Å²) in [6.45, 7) is 1.49. The molecule has 35 heavy (non-hydrogen) atoms. The number of benzene rings is 1. The number of imidazole rings is 1. The molecular weight excluding hydrogens is 478 g/mol. The van der Waals surface area contributed by atoms with E-state index in [1.54, 1.807) is 21.9 Å². The summed E-state index contributed by atoms with van der Waals surface area (Å²) in [5.74, 6) is -3.86. The summed E-state index contributed by atoms with van der Waals surface area (Å²) in [4.78, 5) is 53.3. The number of nitro groups is 1. The maximum absolute atomic E-state index is 12.9. The van der Waals surface area contributed by atoms with Gasteiger partial charge in [-0.3, -0.25) is 24.1 Å². The molecule has 2 aromatic heterocycles. The molecule has 0 spiro atoms. The van der Waals surface area contributed by atoms with E-state index in [2.05, 4.69) is 4.98 Å². The first-order valence-electron chi connectivity index (χ1n) is 10.6. The number of non-ortho nitro benzene ring substituents is 1. The van der Waals surface area contributed by atoms with Gasteiger partial charge in [0.1, 0.15) is 16.9 Å². The number of hydrogen-bond donors (Lipinski definition) is 3. The zero-order chi connectivity index (χ0) is 25.2. The zero-order valence-electron chi connectivity index (χ0n) is 18.2. The number of aliphatic hydroxyl groups excluding tert-OH is 1. The molecule has 180 valence electrons. The third kappa shape index (κ3) is 3.31. The molecule has 1 unspecified atom stereocenters. The molecule has 4 N–H and O–H groups in total. The molecule has 1 fully saturated rings. The number of carboxylic acids is 1. The quantitative estimate of drug-likeness (QED) is 0.248. The van der Waals surface area contributed by atoms with Gasteiger partial charge in [-0.2, -0.15) is 0 Å². The summed E-state index contributed by atoms with van der Waals surface area (Å²) in [6, 6.07) is 5.27. The second kappa shape index (κ2) is 7.99. The summed E-state index contributed by atoms with van der Waals surface area (Å²) in [6.07, 6.45) is 0.631. The topological polar surface area (TPSA) is 181 Å². The fraction of sp³-hybridized carbons (Fsp3) is 0.273. The molecular formula is C22H19N5O7S. The van der Waals surface area contributed by atoms with Crippen LogP contribution in [0.4, 0.5) is 5.69 Å². The molecule has 13 heteroatoms. The lowest BCUT2D eigenvalue weighted by molar-refractivity contribution is -0.384. The second-order valence-corrected chi connectivity index (χ2v) is 9.38. The predicted molar refractivity (Wildman–Crippen MR) is 122 cm³/mol. The highest BCUT2D eigenvalue weighted by Crippen LogP contribution is 2.52. The number of carbonyl (C=O) groups excluding carboxylic acids is 2. The molecule has 12 nitrogen and oxygen atoms in total. The van der Waals surface area contributed by atoms with Crippen LogP contribution in [0.25, 0.3) is 10.4 Å². The summed E-state index contributed by atoms with van der Waals surface area (Å²) in [7, 11) is 0. The highest BCUT2D eigenvalue weighted by Gasteiger charge is 2.61. The number of nitrogens with two attached hydrogens (primary N) is 1. The average molecular weight is 497 g/mol. The lowest BCUT2D eigenvalue weighted by Gasteiger charge is -2.47. The minimum atomic E-state index is -1.30. The molecule has 1 saturated heterocycles. The molecule has 4 heterocycles. The summed E-state index contributed by atoms with van der Waals surface area (Å²) in [5.41, 5.74) is 6.68. The maximum atomic E-state index is 12.9. The first-order chi connectivity index (χ1) is 16.6. The van der Waals surface area contributed by atoms with Crippen molar-refractivity contribution in [3.63, 3.8) is 0 Å². The Bertz CT molecular complexity index is 1440. The number of carbonyl (C=O) groups is 3. The van der Waals surface area contributed by atoms with Crippen LogP contribution in [-0.4, -0.2) is 59.4 Å². The number of nitro benzene ring substituents is 1. The van der Waals surface area contributed by atoms with Crippen LogP contribution in [0, 0.1) is 22.0 Å². The highest BCUT2D eigenvalue weighted by atomic mass is 32.1. The average Bonchev–Trinajstić information content (AvgIpc) is 3.45. The SMILES string of the molecule is C[C@@H](O)[C@H]1C(=O)N2C(C(=O)O)=C(c3csc4c(C(N)=O)ncn34)C(Cc3ccc([N+](=O)[O-])cc3)[C@H]12. The van der Waals surface area contributed by atoms with Crippen molar-refractivity contribution in [3.05, 3.63) is 68.7 Å². The van der Waals surface area contributed by atoms with Crippen molar-refractivity contribution in [1.82, 2.24) is 14.3 Å².